The van der Waals surface area contributed by atoms with Crippen molar-refractivity contribution in [2.24, 2.45) is 0 Å². The van der Waals surface area contributed by atoms with Crippen LogP contribution in [0.3, 0.4) is 0 Å². The Bertz CT molecular complexity index is 632. The van der Waals surface area contributed by atoms with Gasteiger partial charge in [0.2, 0.25) is 11.8 Å². The molecule has 0 saturated carbocycles. The van der Waals surface area contributed by atoms with Crippen LogP contribution in [-0.4, -0.2) is 56.6 Å². The summed E-state index contributed by atoms with van der Waals surface area (Å²) in [4.78, 5) is 27.5. The summed E-state index contributed by atoms with van der Waals surface area (Å²) >= 11 is 0. The van der Waals surface area contributed by atoms with Gasteiger partial charge in [0.25, 0.3) is 0 Å². The highest BCUT2D eigenvalue weighted by atomic mass is 16.5. The van der Waals surface area contributed by atoms with E-state index in [-0.39, 0.29) is 18.4 Å². The molecule has 6 heteroatoms. The smallest absolute Gasteiger partial charge is 0.246 e. The van der Waals surface area contributed by atoms with Crippen molar-refractivity contribution < 1.29 is 14.3 Å². The molecule has 2 rings (SSSR count). The fourth-order valence-corrected chi connectivity index (χ4v) is 2.45. The van der Waals surface area contributed by atoms with E-state index in [0.717, 1.165) is 32.0 Å². The molecule has 1 N–H and O–H groups in total. The second-order valence-electron chi connectivity index (χ2n) is 5.77. The number of anilines is 2. The van der Waals surface area contributed by atoms with Crippen LogP contribution in [0.15, 0.2) is 48.6 Å². The number of hydrogen-bond donors (Lipinski definition) is 1. The molecular weight excluding hydrogens is 318 g/mol. The van der Waals surface area contributed by atoms with E-state index in [1.807, 2.05) is 37.3 Å². The van der Waals surface area contributed by atoms with Crippen LogP contribution in [0.4, 0.5) is 11.4 Å². The predicted octanol–water partition coefficient (Wildman–Crippen LogP) is 2.05. The first-order chi connectivity index (χ1) is 12.1. The van der Waals surface area contributed by atoms with Gasteiger partial charge in [-0.15, -0.1) is 0 Å². The molecule has 0 bridgehead atoms. The highest BCUT2D eigenvalue weighted by molar-refractivity contribution is 5.96. The minimum absolute atomic E-state index is 0.00419. The van der Waals surface area contributed by atoms with Gasteiger partial charge in [0.05, 0.1) is 19.8 Å². The van der Waals surface area contributed by atoms with Crippen molar-refractivity contribution in [2.75, 3.05) is 50.1 Å². The molecule has 1 aromatic rings. The van der Waals surface area contributed by atoms with Crippen molar-refractivity contribution >= 4 is 23.2 Å². The van der Waals surface area contributed by atoms with Crippen molar-refractivity contribution in [1.29, 1.82) is 0 Å². The van der Waals surface area contributed by atoms with Crippen LogP contribution < -0.4 is 10.2 Å². The van der Waals surface area contributed by atoms with Crippen LogP contribution in [-0.2, 0) is 14.3 Å². The lowest BCUT2D eigenvalue weighted by Crippen LogP contribution is -2.36. The number of ether oxygens (including phenoxy) is 1. The summed E-state index contributed by atoms with van der Waals surface area (Å²) in [6.45, 7) is 5.10. The number of likely N-dealkylation sites (N-methyl/N-ethyl adjacent to an activating group) is 1. The molecule has 1 aliphatic rings. The van der Waals surface area contributed by atoms with Crippen LogP contribution in [0.25, 0.3) is 0 Å². The maximum absolute atomic E-state index is 12.1. The molecular formula is C19H25N3O3. The van der Waals surface area contributed by atoms with Gasteiger partial charge in [0.1, 0.15) is 0 Å². The second kappa shape index (κ2) is 9.64. The van der Waals surface area contributed by atoms with Gasteiger partial charge in [-0.2, -0.15) is 0 Å². The summed E-state index contributed by atoms with van der Waals surface area (Å²) in [6.07, 6.45) is 6.68. The van der Waals surface area contributed by atoms with Crippen molar-refractivity contribution in [3.63, 3.8) is 0 Å². The minimum atomic E-state index is -0.227. The first-order valence-electron chi connectivity index (χ1n) is 8.37. The number of morpholine rings is 1. The van der Waals surface area contributed by atoms with Crippen LogP contribution in [0.5, 0.6) is 0 Å². The average molecular weight is 343 g/mol. The number of carbonyl (C=O) groups excluding carboxylic acids is 2. The molecule has 1 saturated heterocycles. The van der Waals surface area contributed by atoms with E-state index in [2.05, 4.69) is 10.2 Å². The maximum atomic E-state index is 12.1. The number of benzene rings is 1. The molecule has 1 aliphatic heterocycles. The lowest BCUT2D eigenvalue weighted by Gasteiger charge is -2.28. The quantitative estimate of drug-likeness (QED) is 0.634. The van der Waals surface area contributed by atoms with E-state index in [4.69, 9.17) is 4.74 Å². The summed E-state index contributed by atoms with van der Waals surface area (Å²) in [5.74, 6) is -0.440. The molecule has 0 atom stereocenters. The maximum Gasteiger partial charge on any atom is 0.246 e. The number of nitrogens with one attached hydrogen (secondary N) is 1. The van der Waals surface area contributed by atoms with E-state index in [0.29, 0.717) is 5.69 Å². The van der Waals surface area contributed by atoms with Crippen LogP contribution >= 0.6 is 0 Å². The summed E-state index contributed by atoms with van der Waals surface area (Å²) in [5, 5.41) is 2.81. The molecule has 0 aliphatic carbocycles. The summed E-state index contributed by atoms with van der Waals surface area (Å²) in [6, 6.07) is 7.71. The largest absolute Gasteiger partial charge is 0.378 e. The Morgan fingerprint density at radius 2 is 1.88 bits per heavy atom. The summed E-state index contributed by atoms with van der Waals surface area (Å²) < 4.78 is 5.35. The Balaban J connectivity index is 1.84. The van der Waals surface area contributed by atoms with Crippen molar-refractivity contribution in [1.82, 2.24) is 4.90 Å². The Hall–Kier alpha value is -2.60. The standard InChI is InChI=1S/C19H25N3O3/c1-3-4-5-6-19(24)21(2)15-18(23)20-16-7-9-17(10-8-16)22-11-13-25-14-12-22/h3-10H,11-15H2,1-2H3,(H,20,23). The van der Waals surface area contributed by atoms with Gasteiger partial charge in [0.15, 0.2) is 0 Å². The van der Waals surface area contributed by atoms with Crippen LogP contribution in [0.1, 0.15) is 6.92 Å². The van der Waals surface area contributed by atoms with Crippen LogP contribution in [0, 0.1) is 0 Å². The zero-order chi connectivity index (χ0) is 18.1. The third-order valence-corrected chi connectivity index (χ3v) is 3.83. The van der Waals surface area contributed by atoms with Gasteiger partial charge in [0, 0.05) is 37.6 Å². The molecule has 1 fully saturated rings. The highest BCUT2D eigenvalue weighted by Crippen LogP contribution is 2.18. The Morgan fingerprint density at radius 3 is 2.52 bits per heavy atom. The lowest BCUT2D eigenvalue weighted by atomic mass is 10.2. The zero-order valence-corrected chi connectivity index (χ0v) is 14.8. The summed E-state index contributed by atoms with van der Waals surface area (Å²) in [7, 11) is 1.60. The normalized spacial score (nSPS) is 14.9. The van der Waals surface area contributed by atoms with Gasteiger partial charge in [-0.1, -0.05) is 18.2 Å². The average Bonchev–Trinajstić information content (AvgIpc) is 2.63. The van der Waals surface area contributed by atoms with Crippen molar-refractivity contribution in [3.05, 3.63) is 48.6 Å². The Kier molecular flexibility index (Phi) is 7.22. The van der Waals surface area contributed by atoms with Crippen LogP contribution in [0.2, 0.25) is 0 Å². The highest BCUT2D eigenvalue weighted by Gasteiger charge is 2.12. The fourth-order valence-electron chi connectivity index (χ4n) is 2.45. The van der Waals surface area contributed by atoms with E-state index >= 15 is 0 Å². The van der Waals surface area contributed by atoms with E-state index in [9.17, 15) is 9.59 Å². The second-order valence-corrected chi connectivity index (χ2v) is 5.77. The zero-order valence-electron chi connectivity index (χ0n) is 14.8. The molecule has 1 heterocycles. The van der Waals surface area contributed by atoms with E-state index in [1.54, 1.807) is 19.2 Å². The van der Waals surface area contributed by atoms with Gasteiger partial charge in [-0.25, -0.2) is 0 Å². The molecule has 0 unspecified atom stereocenters. The van der Waals surface area contributed by atoms with Gasteiger partial charge in [-0.3, -0.25) is 9.59 Å². The third-order valence-electron chi connectivity index (χ3n) is 3.83. The minimum Gasteiger partial charge on any atom is -0.378 e. The molecule has 134 valence electrons. The van der Waals surface area contributed by atoms with Crippen molar-refractivity contribution in [2.45, 2.75) is 6.92 Å². The first-order valence-corrected chi connectivity index (χ1v) is 8.37. The number of amides is 2. The van der Waals surface area contributed by atoms with Gasteiger partial charge >= 0.3 is 0 Å². The monoisotopic (exact) mass is 343 g/mol. The van der Waals surface area contributed by atoms with E-state index < -0.39 is 0 Å². The lowest BCUT2D eigenvalue weighted by molar-refractivity contribution is -0.129. The molecule has 0 spiro atoms. The number of allylic oxidation sites excluding steroid dienone is 3. The molecule has 0 aromatic heterocycles. The Morgan fingerprint density at radius 1 is 1.20 bits per heavy atom. The molecule has 2 amide bonds. The molecule has 1 aromatic carbocycles. The number of nitrogens with zero attached hydrogens (tertiary/aromatic N) is 2. The SMILES string of the molecule is CC=CC=CC(=O)N(C)CC(=O)Nc1ccc(N2CCOCC2)cc1. The third kappa shape index (κ3) is 6.08. The molecule has 25 heavy (non-hydrogen) atoms. The first kappa shape index (κ1) is 18.7. The predicted molar refractivity (Wildman–Crippen MR) is 99.7 cm³/mol. The van der Waals surface area contributed by atoms with E-state index in [1.165, 1.54) is 11.0 Å². The van der Waals surface area contributed by atoms with Gasteiger partial charge < -0.3 is 19.9 Å². The number of rotatable bonds is 6. The topological polar surface area (TPSA) is 61.9 Å². The Labute approximate surface area is 148 Å². The fraction of sp³-hybridized carbons (Fsp3) is 0.368. The van der Waals surface area contributed by atoms with Crippen molar-refractivity contribution in [3.8, 4) is 0 Å². The van der Waals surface area contributed by atoms with Gasteiger partial charge in [-0.05, 0) is 31.2 Å². The number of carbonyl (C=O) groups is 2. The molecule has 0 radical (unpaired) electrons. The number of hydrogen-bond acceptors (Lipinski definition) is 4. The molecule has 6 nitrogen and oxygen atoms in total. The summed E-state index contributed by atoms with van der Waals surface area (Å²) in [5.41, 5.74) is 1.83.